The summed E-state index contributed by atoms with van der Waals surface area (Å²) in [6.45, 7) is 2.04. The van der Waals surface area contributed by atoms with Crippen LogP contribution < -0.4 is 11.1 Å². The van der Waals surface area contributed by atoms with E-state index < -0.39 is 0 Å². The summed E-state index contributed by atoms with van der Waals surface area (Å²) in [5.74, 6) is -0.225. The molecule has 1 unspecified atom stereocenters. The van der Waals surface area contributed by atoms with Crippen molar-refractivity contribution in [2.24, 2.45) is 5.73 Å². The molecule has 0 amide bonds. The first-order valence-electron chi connectivity index (χ1n) is 6.31. The quantitative estimate of drug-likeness (QED) is 0.831. The number of hydrogen-bond acceptors (Lipinski definition) is 3. The Kier molecular flexibility index (Phi) is 4.63. The summed E-state index contributed by atoms with van der Waals surface area (Å²) in [4.78, 5) is 4.41. The topological polar surface area (TPSA) is 50.9 Å². The van der Waals surface area contributed by atoms with Crippen LogP contribution in [0.25, 0.3) is 0 Å². The van der Waals surface area contributed by atoms with E-state index >= 15 is 0 Å². The summed E-state index contributed by atoms with van der Waals surface area (Å²) in [5, 5.41) is 3.33. The van der Waals surface area contributed by atoms with Gasteiger partial charge in [-0.1, -0.05) is 24.4 Å². The van der Waals surface area contributed by atoms with Crippen molar-refractivity contribution in [3.8, 4) is 0 Å². The van der Waals surface area contributed by atoms with Crippen LogP contribution in [0.5, 0.6) is 0 Å². The number of aromatic nitrogens is 1. The number of pyridine rings is 1. The van der Waals surface area contributed by atoms with Gasteiger partial charge in [0.2, 0.25) is 0 Å². The van der Waals surface area contributed by atoms with E-state index in [1.807, 2.05) is 6.92 Å². The zero-order chi connectivity index (χ0) is 14.5. The summed E-state index contributed by atoms with van der Waals surface area (Å²) < 4.78 is 12.9. The standard InChI is InChI=1S/C15H16FN3S/c1-10(8-11-2-4-12(16)5-3-11)19-14-9-18-7-6-13(14)15(17)20/h2-7,9-10,19H,8H2,1H3,(H2,17,20). The van der Waals surface area contributed by atoms with E-state index in [2.05, 4.69) is 10.3 Å². The van der Waals surface area contributed by atoms with Gasteiger partial charge in [0.15, 0.2) is 0 Å². The van der Waals surface area contributed by atoms with Crippen molar-refractivity contribution >= 4 is 22.9 Å². The Balaban J connectivity index is 2.06. The highest BCUT2D eigenvalue weighted by atomic mass is 32.1. The Hall–Kier alpha value is -2.01. The normalized spacial score (nSPS) is 11.9. The second-order valence-electron chi connectivity index (χ2n) is 4.66. The van der Waals surface area contributed by atoms with Crippen molar-refractivity contribution in [3.63, 3.8) is 0 Å². The van der Waals surface area contributed by atoms with E-state index in [1.54, 1.807) is 30.6 Å². The second kappa shape index (κ2) is 6.43. The lowest BCUT2D eigenvalue weighted by atomic mass is 10.1. The molecule has 0 aliphatic rings. The molecule has 0 spiro atoms. The van der Waals surface area contributed by atoms with Crippen LogP contribution in [0.4, 0.5) is 10.1 Å². The Bertz CT molecular complexity index is 598. The molecule has 0 aliphatic carbocycles. The number of anilines is 1. The third kappa shape index (κ3) is 3.74. The van der Waals surface area contributed by atoms with Crippen LogP contribution in [0.1, 0.15) is 18.1 Å². The van der Waals surface area contributed by atoms with Gasteiger partial charge >= 0.3 is 0 Å². The molecule has 20 heavy (non-hydrogen) atoms. The van der Waals surface area contributed by atoms with Gasteiger partial charge in [-0.3, -0.25) is 4.98 Å². The van der Waals surface area contributed by atoms with Gasteiger partial charge in [0, 0.05) is 17.8 Å². The average Bonchev–Trinajstić information content (AvgIpc) is 2.41. The number of halogens is 1. The highest BCUT2D eigenvalue weighted by molar-refractivity contribution is 7.80. The van der Waals surface area contributed by atoms with E-state index in [9.17, 15) is 4.39 Å². The van der Waals surface area contributed by atoms with Crippen LogP contribution in [0.2, 0.25) is 0 Å². The molecule has 1 aromatic carbocycles. The van der Waals surface area contributed by atoms with Crippen molar-refractivity contribution < 1.29 is 4.39 Å². The molecule has 2 rings (SSSR count). The van der Waals surface area contributed by atoms with Crippen LogP contribution >= 0.6 is 12.2 Å². The molecule has 5 heteroatoms. The Labute approximate surface area is 123 Å². The molecule has 0 bridgehead atoms. The predicted molar refractivity (Wildman–Crippen MR) is 83.3 cm³/mol. The van der Waals surface area contributed by atoms with Crippen LogP contribution in [-0.4, -0.2) is 16.0 Å². The molecular formula is C15H16FN3S. The fourth-order valence-electron chi connectivity index (χ4n) is 2.01. The van der Waals surface area contributed by atoms with Crippen molar-refractivity contribution in [2.45, 2.75) is 19.4 Å². The summed E-state index contributed by atoms with van der Waals surface area (Å²) in [7, 11) is 0. The van der Waals surface area contributed by atoms with Gasteiger partial charge in [-0.15, -0.1) is 0 Å². The van der Waals surface area contributed by atoms with E-state index in [0.29, 0.717) is 4.99 Å². The number of thiocarbonyl (C=S) groups is 1. The molecule has 104 valence electrons. The molecule has 1 heterocycles. The van der Waals surface area contributed by atoms with Gasteiger partial charge in [-0.25, -0.2) is 4.39 Å². The molecule has 1 aromatic heterocycles. The van der Waals surface area contributed by atoms with E-state index in [0.717, 1.165) is 23.2 Å². The highest BCUT2D eigenvalue weighted by Crippen LogP contribution is 2.16. The summed E-state index contributed by atoms with van der Waals surface area (Å²) in [5.41, 5.74) is 8.34. The summed E-state index contributed by atoms with van der Waals surface area (Å²) in [6, 6.07) is 8.43. The third-order valence-corrected chi connectivity index (χ3v) is 3.16. The molecule has 0 radical (unpaired) electrons. The minimum atomic E-state index is -0.225. The maximum Gasteiger partial charge on any atom is 0.123 e. The first-order chi connectivity index (χ1) is 9.56. The first-order valence-corrected chi connectivity index (χ1v) is 6.72. The smallest absolute Gasteiger partial charge is 0.123 e. The maximum atomic E-state index is 12.9. The number of nitrogens with zero attached hydrogens (tertiary/aromatic N) is 1. The molecule has 2 aromatic rings. The van der Waals surface area contributed by atoms with Crippen LogP contribution in [0.15, 0.2) is 42.7 Å². The van der Waals surface area contributed by atoms with Gasteiger partial charge in [0.25, 0.3) is 0 Å². The molecule has 1 atom stereocenters. The monoisotopic (exact) mass is 289 g/mol. The molecular weight excluding hydrogens is 273 g/mol. The number of hydrogen-bond donors (Lipinski definition) is 2. The van der Waals surface area contributed by atoms with Crippen molar-refractivity contribution in [1.82, 2.24) is 4.98 Å². The van der Waals surface area contributed by atoms with E-state index in [1.165, 1.54) is 12.1 Å². The lowest BCUT2D eigenvalue weighted by Gasteiger charge is -2.17. The zero-order valence-corrected chi connectivity index (χ0v) is 12.0. The Morgan fingerprint density at radius 1 is 1.35 bits per heavy atom. The van der Waals surface area contributed by atoms with Crippen molar-refractivity contribution in [3.05, 3.63) is 59.7 Å². The Morgan fingerprint density at radius 2 is 2.05 bits per heavy atom. The predicted octanol–water partition coefficient (Wildman–Crippen LogP) is 2.90. The molecule has 0 saturated heterocycles. The zero-order valence-electron chi connectivity index (χ0n) is 11.1. The van der Waals surface area contributed by atoms with Crippen LogP contribution in [0, 0.1) is 5.82 Å². The fourth-order valence-corrected chi connectivity index (χ4v) is 2.19. The molecule has 0 fully saturated rings. The number of nitrogens with two attached hydrogens (primary N) is 1. The number of benzene rings is 1. The Morgan fingerprint density at radius 3 is 2.70 bits per heavy atom. The maximum absolute atomic E-state index is 12.9. The van der Waals surface area contributed by atoms with Crippen molar-refractivity contribution in [1.29, 1.82) is 0 Å². The van der Waals surface area contributed by atoms with E-state index in [-0.39, 0.29) is 11.9 Å². The summed E-state index contributed by atoms with van der Waals surface area (Å²) in [6.07, 6.45) is 4.13. The van der Waals surface area contributed by atoms with Gasteiger partial charge in [0.05, 0.1) is 11.9 Å². The first kappa shape index (κ1) is 14.4. The number of nitrogens with one attached hydrogen (secondary N) is 1. The third-order valence-electron chi connectivity index (χ3n) is 2.94. The lowest BCUT2D eigenvalue weighted by Crippen LogP contribution is -2.21. The highest BCUT2D eigenvalue weighted by Gasteiger charge is 2.09. The minimum absolute atomic E-state index is 0.151. The van der Waals surface area contributed by atoms with Crippen LogP contribution in [-0.2, 0) is 6.42 Å². The van der Waals surface area contributed by atoms with Crippen molar-refractivity contribution in [2.75, 3.05) is 5.32 Å². The largest absolute Gasteiger partial charge is 0.389 e. The summed E-state index contributed by atoms with van der Waals surface area (Å²) >= 11 is 5.01. The van der Waals surface area contributed by atoms with Gasteiger partial charge in [-0.2, -0.15) is 0 Å². The number of rotatable bonds is 5. The molecule has 3 N–H and O–H groups in total. The fraction of sp³-hybridized carbons (Fsp3) is 0.200. The van der Waals surface area contributed by atoms with Gasteiger partial charge in [-0.05, 0) is 37.1 Å². The van der Waals surface area contributed by atoms with Gasteiger partial charge in [0.1, 0.15) is 10.8 Å². The second-order valence-corrected chi connectivity index (χ2v) is 5.10. The average molecular weight is 289 g/mol. The molecule has 3 nitrogen and oxygen atoms in total. The lowest BCUT2D eigenvalue weighted by molar-refractivity contribution is 0.626. The van der Waals surface area contributed by atoms with E-state index in [4.69, 9.17) is 18.0 Å². The minimum Gasteiger partial charge on any atom is -0.389 e. The molecule has 0 saturated carbocycles. The van der Waals surface area contributed by atoms with Crippen LogP contribution in [0.3, 0.4) is 0 Å². The molecule has 0 aliphatic heterocycles. The SMILES string of the molecule is CC(Cc1ccc(F)cc1)Nc1cnccc1C(N)=S. The van der Waals surface area contributed by atoms with Gasteiger partial charge < -0.3 is 11.1 Å².